The molecule has 3 rings (SSSR count). The first-order valence-corrected chi connectivity index (χ1v) is 7.91. The van der Waals surface area contributed by atoms with E-state index >= 15 is 0 Å². The number of hydrogen-bond donors (Lipinski definition) is 2. The van der Waals surface area contributed by atoms with Gasteiger partial charge in [0.05, 0.1) is 12.2 Å². The Morgan fingerprint density at radius 3 is 2.79 bits per heavy atom. The first-order chi connectivity index (χ1) is 11.6. The van der Waals surface area contributed by atoms with Crippen molar-refractivity contribution in [2.75, 3.05) is 18.0 Å². The SMILES string of the molecule is Cc1noc(C)c1C(=O)NNC(=O)CN1CCCc2ccccc21. The minimum Gasteiger partial charge on any atom is -0.362 e. The number of nitrogens with zero attached hydrogens (tertiary/aromatic N) is 2. The Hall–Kier alpha value is -2.83. The van der Waals surface area contributed by atoms with E-state index in [-0.39, 0.29) is 12.5 Å². The van der Waals surface area contributed by atoms with Gasteiger partial charge in [-0.05, 0) is 38.3 Å². The molecule has 0 saturated heterocycles. The Bertz CT molecular complexity index is 749. The number of aryl methyl sites for hydroxylation is 3. The summed E-state index contributed by atoms with van der Waals surface area (Å²) in [4.78, 5) is 26.3. The fourth-order valence-corrected chi connectivity index (χ4v) is 2.98. The third kappa shape index (κ3) is 3.24. The van der Waals surface area contributed by atoms with Crippen molar-refractivity contribution >= 4 is 17.5 Å². The van der Waals surface area contributed by atoms with Crippen LogP contribution in [0.2, 0.25) is 0 Å². The molecule has 0 radical (unpaired) electrons. The normalized spacial score (nSPS) is 13.3. The van der Waals surface area contributed by atoms with Crippen LogP contribution >= 0.6 is 0 Å². The Morgan fingerprint density at radius 1 is 1.25 bits per heavy atom. The number of benzene rings is 1. The van der Waals surface area contributed by atoms with Crippen molar-refractivity contribution in [2.45, 2.75) is 26.7 Å². The second kappa shape index (κ2) is 6.74. The number of anilines is 1. The van der Waals surface area contributed by atoms with E-state index in [0.29, 0.717) is 17.0 Å². The van der Waals surface area contributed by atoms with Crippen LogP contribution in [0.25, 0.3) is 0 Å². The van der Waals surface area contributed by atoms with Gasteiger partial charge in [0.25, 0.3) is 11.8 Å². The third-order valence-electron chi connectivity index (χ3n) is 4.12. The summed E-state index contributed by atoms with van der Waals surface area (Å²) in [6, 6.07) is 8.07. The van der Waals surface area contributed by atoms with Crippen LogP contribution in [0.1, 0.15) is 33.8 Å². The van der Waals surface area contributed by atoms with E-state index in [1.807, 2.05) is 23.1 Å². The Labute approximate surface area is 140 Å². The molecule has 0 unspecified atom stereocenters. The second-order valence-electron chi connectivity index (χ2n) is 5.86. The van der Waals surface area contributed by atoms with Crippen molar-refractivity contribution in [2.24, 2.45) is 0 Å². The monoisotopic (exact) mass is 328 g/mol. The average Bonchev–Trinajstić information content (AvgIpc) is 2.92. The van der Waals surface area contributed by atoms with Crippen LogP contribution in [-0.4, -0.2) is 30.1 Å². The van der Waals surface area contributed by atoms with Crippen LogP contribution in [0.15, 0.2) is 28.8 Å². The highest BCUT2D eigenvalue weighted by molar-refractivity contribution is 5.97. The maximum Gasteiger partial charge on any atom is 0.275 e. The van der Waals surface area contributed by atoms with Crippen molar-refractivity contribution in [1.29, 1.82) is 0 Å². The summed E-state index contributed by atoms with van der Waals surface area (Å²) in [5.74, 6) is -0.283. The molecule has 24 heavy (non-hydrogen) atoms. The fourth-order valence-electron chi connectivity index (χ4n) is 2.98. The lowest BCUT2D eigenvalue weighted by Crippen LogP contribution is -2.47. The van der Waals surface area contributed by atoms with Gasteiger partial charge in [0.1, 0.15) is 11.3 Å². The maximum absolute atomic E-state index is 12.2. The molecule has 2 amide bonds. The molecule has 2 heterocycles. The maximum atomic E-state index is 12.2. The van der Waals surface area contributed by atoms with E-state index in [1.165, 1.54) is 5.56 Å². The molecule has 0 aliphatic carbocycles. The molecule has 0 spiro atoms. The first-order valence-electron chi connectivity index (χ1n) is 7.91. The van der Waals surface area contributed by atoms with Crippen molar-refractivity contribution in [1.82, 2.24) is 16.0 Å². The molecule has 0 atom stereocenters. The summed E-state index contributed by atoms with van der Waals surface area (Å²) in [7, 11) is 0. The molecule has 2 aromatic rings. The van der Waals surface area contributed by atoms with Crippen LogP contribution < -0.4 is 15.8 Å². The van der Waals surface area contributed by atoms with Gasteiger partial charge < -0.3 is 9.42 Å². The summed E-state index contributed by atoms with van der Waals surface area (Å²) in [5, 5.41) is 3.73. The van der Waals surface area contributed by atoms with Crippen LogP contribution in [0, 0.1) is 13.8 Å². The van der Waals surface area contributed by atoms with Gasteiger partial charge in [-0.15, -0.1) is 0 Å². The lowest BCUT2D eigenvalue weighted by atomic mass is 10.0. The summed E-state index contributed by atoms with van der Waals surface area (Å²) in [6.07, 6.45) is 2.03. The van der Waals surface area contributed by atoms with E-state index in [2.05, 4.69) is 22.1 Å². The van der Waals surface area contributed by atoms with Crippen LogP contribution in [0.3, 0.4) is 0 Å². The van der Waals surface area contributed by atoms with Gasteiger partial charge in [0, 0.05) is 12.2 Å². The molecule has 0 saturated carbocycles. The number of fused-ring (bicyclic) bond motifs is 1. The molecule has 0 bridgehead atoms. The summed E-state index contributed by atoms with van der Waals surface area (Å²) >= 11 is 0. The average molecular weight is 328 g/mol. The first kappa shape index (κ1) is 16.0. The predicted octanol–water partition coefficient (Wildman–Crippen LogP) is 1.51. The van der Waals surface area contributed by atoms with Crippen molar-refractivity contribution in [3.63, 3.8) is 0 Å². The molecule has 7 nitrogen and oxygen atoms in total. The van der Waals surface area contributed by atoms with Crippen LogP contribution in [0.5, 0.6) is 0 Å². The molecule has 2 N–H and O–H groups in total. The van der Waals surface area contributed by atoms with Crippen molar-refractivity contribution < 1.29 is 14.1 Å². The molecule has 1 aliphatic rings. The molecule has 126 valence electrons. The number of carbonyl (C=O) groups excluding carboxylic acids is 2. The number of nitrogens with one attached hydrogen (secondary N) is 2. The van der Waals surface area contributed by atoms with Gasteiger partial charge in [-0.1, -0.05) is 23.4 Å². The van der Waals surface area contributed by atoms with Crippen LogP contribution in [-0.2, 0) is 11.2 Å². The van der Waals surface area contributed by atoms with Crippen molar-refractivity contribution in [3.05, 3.63) is 46.8 Å². The zero-order chi connectivity index (χ0) is 17.1. The molecule has 1 aromatic heterocycles. The Kier molecular flexibility index (Phi) is 4.50. The van der Waals surface area contributed by atoms with Gasteiger partial charge in [0.2, 0.25) is 0 Å². The highest BCUT2D eigenvalue weighted by Gasteiger charge is 2.20. The number of hydrazine groups is 1. The molecular formula is C17H20N4O3. The van der Waals surface area contributed by atoms with Gasteiger partial charge in [-0.25, -0.2) is 0 Å². The molecule has 0 fully saturated rings. The van der Waals surface area contributed by atoms with Gasteiger partial charge >= 0.3 is 0 Å². The lowest BCUT2D eigenvalue weighted by Gasteiger charge is -2.30. The quantitative estimate of drug-likeness (QED) is 0.834. The number of carbonyl (C=O) groups is 2. The lowest BCUT2D eigenvalue weighted by molar-refractivity contribution is -0.120. The fraction of sp³-hybridized carbons (Fsp3) is 0.353. The zero-order valence-electron chi connectivity index (χ0n) is 13.8. The van der Waals surface area contributed by atoms with Crippen LogP contribution in [0.4, 0.5) is 5.69 Å². The number of para-hydroxylation sites is 1. The predicted molar refractivity (Wildman–Crippen MR) is 88.6 cm³/mol. The number of aromatic nitrogens is 1. The third-order valence-corrected chi connectivity index (χ3v) is 4.12. The number of hydrogen-bond acceptors (Lipinski definition) is 5. The molecular weight excluding hydrogens is 308 g/mol. The summed E-state index contributed by atoms with van der Waals surface area (Å²) in [6.45, 7) is 4.35. The molecule has 1 aromatic carbocycles. The Balaban J connectivity index is 1.58. The number of rotatable bonds is 3. The minimum atomic E-state index is -0.432. The van der Waals surface area contributed by atoms with E-state index in [9.17, 15) is 9.59 Å². The molecule has 1 aliphatic heterocycles. The highest BCUT2D eigenvalue weighted by atomic mass is 16.5. The van der Waals surface area contributed by atoms with E-state index < -0.39 is 5.91 Å². The standard InChI is InChI=1S/C17H20N4O3/c1-11-16(12(2)24-20-11)17(23)19-18-15(22)10-21-9-5-7-13-6-3-4-8-14(13)21/h3-4,6,8H,5,7,9-10H2,1-2H3,(H,18,22)(H,19,23). The van der Waals surface area contributed by atoms with Gasteiger partial charge in [-0.3, -0.25) is 20.4 Å². The Morgan fingerprint density at radius 2 is 2.04 bits per heavy atom. The van der Waals surface area contributed by atoms with E-state index in [0.717, 1.165) is 25.1 Å². The van der Waals surface area contributed by atoms with E-state index in [4.69, 9.17) is 4.52 Å². The van der Waals surface area contributed by atoms with Gasteiger partial charge in [-0.2, -0.15) is 0 Å². The van der Waals surface area contributed by atoms with E-state index in [1.54, 1.807) is 13.8 Å². The van der Waals surface area contributed by atoms with Gasteiger partial charge in [0.15, 0.2) is 0 Å². The van der Waals surface area contributed by atoms with Crippen molar-refractivity contribution in [3.8, 4) is 0 Å². The summed E-state index contributed by atoms with van der Waals surface area (Å²) in [5.41, 5.74) is 8.03. The topological polar surface area (TPSA) is 87.5 Å². The smallest absolute Gasteiger partial charge is 0.275 e. The largest absolute Gasteiger partial charge is 0.362 e. The molecule has 7 heteroatoms. The zero-order valence-corrected chi connectivity index (χ0v) is 13.8. The highest BCUT2D eigenvalue weighted by Crippen LogP contribution is 2.26. The number of amides is 2. The minimum absolute atomic E-state index is 0.193. The summed E-state index contributed by atoms with van der Waals surface area (Å²) < 4.78 is 4.95. The second-order valence-corrected chi connectivity index (χ2v) is 5.86.